The van der Waals surface area contributed by atoms with E-state index < -0.39 is 0 Å². The van der Waals surface area contributed by atoms with Crippen LogP contribution >= 0.6 is 0 Å². The molecule has 0 saturated carbocycles. The molecule has 1 heterocycles. The van der Waals surface area contributed by atoms with Gasteiger partial charge in [0, 0.05) is 12.5 Å². The van der Waals surface area contributed by atoms with Gasteiger partial charge in [-0.25, -0.2) is 0 Å². The number of hydrogen-bond acceptors (Lipinski definition) is 5. The van der Waals surface area contributed by atoms with Gasteiger partial charge in [-0.15, -0.1) is 0 Å². The van der Waals surface area contributed by atoms with E-state index in [1.165, 1.54) is 0 Å². The van der Waals surface area contributed by atoms with E-state index in [0.29, 0.717) is 32.0 Å². The first-order chi connectivity index (χ1) is 12.1. The summed E-state index contributed by atoms with van der Waals surface area (Å²) < 4.78 is 10.6. The van der Waals surface area contributed by atoms with Gasteiger partial charge in [-0.1, -0.05) is 13.3 Å². The molecule has 7 heteroatoms. The van der Waals surface area contributed by atoms with E-state index >= 15 is 0 Å². The summed E-state index contributed by atoms with van der Waals surface area (Å²) in [6.07, 6.45) is 2.48. The van der Waals surface area contributed by atoms with Gasteiger partial charge in [0.2, 0.25) is 11.8 Å². The van der Waals surface area contributed by atoms with Crippen molar-refractivity contribution < 1.29 is 19.1 Å². The molecule has 1 saturated heterocycles. The molecule has 138 valence electrons. The Morgan fingerprint density at radius 3 is 2.68 bits per heavy atom. The van der Waals surface area contributed by atoms with E-state index in [2.05, 4.69) is 17.6 Å². The van der Waals surface area contributed by atoms with Crippen molar-refractivity contribution in [2.75, 3.05) is 33.5 Å². The molecule has 2 amide bonds. The molecule has 1 aromatic rings. The van der Waals surface area contributed by atoms with Gasteiger partial charge < -0.3 is 19.7 Å². The van der Waals surface area contributed by atoms with Gasteiger partial charge in [0.15, 0.2) is 0 Å². The van der Waals surface area contributed by atoms with Crippen molar-refractivity contribution in [3.63, 3.8) is 0 Å². The Morgan fingerprint density at radius 1 is 1.32 bits per heavy atom. The van der Waals surface area contributed by atoms with Crippen LogP contribution < -0.4 is 20.1 Å². The lowest BCUT2D eigenvalue weighted by atomic mass is 10.1. The lowest BCUT2D eigenvalue weighted by Crippen LogP contribution is -2.53. The first-order valence-electron chi connectivity index (χ1n) is 8.67. The highest BCUT2D eigenvalue weighted by Crippen LogP contribution is 2.16. The maximum absolute atomic E-state index is 12.1. The molecule has 2 rings (SSSR count). The Hall–Kier alpha value is -2.28. The summed E-state index contributed by atoms with van der Waals surface area (Å²) in [6, 6.07) is 7.48. The highest BCUT2D eigenvalue weighted by molar-refractivity contribution is 5.85. The number of nitrogens with zero attached hydrogens (tertiary/aromatic N) is 1. The fourth-order valence-electron chi connectivity index (χ4n) is 2.70. The summed E-state index contributed by atoms with van der Waals surface area (Å²) in [5, 5.41) is 6.06. The van der Waals surface area contributed by atoms with Gasteiger partial charge in [0.25, 0.3) is 0 Å². The van der Waals surface area contributed by atoms with Crippen molar-refractivity contribution in [3.05, 3.63) is 24.3 Å². The minimum absolute atomic E-state index is 0.0295. The molecule has 7 nitrogen and oxygen atoms in total. The van der Waals surface area contributed by atoms with Crippen molar-refractivity contribution in [1.82, 2.24) is 15.5 Å². The highest BCUT2D eigenvalue weighted by atomic mass is 16.5. The van der Waals surface area contributed by atoms with Crippen LogP contribution in [0.5, 0.6) is 11.5 Å². The normalized spacial score (nSPS) is 17.3. The first kappa shape index (κ1) is 19.1. The topological polar surface area (TPSA) is 79.9 Å². The summed E-state index contributed by atoms with van der Waals surface area (Å²) >= 11 is 0. The highest BCUT2D eigenvalue weighted by Gasteiger charge is 2.25. The van der Waals surface area contributed by atoms with Crippen molar-refractivity contribution in [2.24, 2.45) is 0 Å². The molecular formula is C18H27N3O4. The second-order valence-electron chi connectivity index (χ2n) is 6.02. The standard InChI is InChI=1S/C18H27N3O4/c1-3-4-14-11-18(23)21(13-20-14)12-17(22)19-9-10-25-16-7-5-15(24-2)6-8-16/h5-8,14,20H,3-4,9-13H2,1-2H3,(H,19,22). The van der Waals surface area contributed by atoms with Crippen molar-refractivity contribution >= 4 is 11.8 Å². The molecule has 0 spiro atoms. The van der Waals surface area contributed by atoms with Crippen LogP contribution in [0.3, 0.4) is 0 Å². The third kappa shape index (κ3) is 6.26. The second kappa shape index (κ2) is 9.88. The minimum Gasteiger partial charge on any atom is -0.497 e. The SMILES string of the molecule is CCCC1CC(=O)N(CC(=O)NCCOc2ccc(OC)cc2)CN1. The fourth-order valence-corrected chi connectivity index (χ4v) is 2.70. The zero-order valence-electron chi connectivity index (χ0n) is 14.9. The first-order valence-corrected chi connectivity index (χ1v) is 8.67. The Kier molecular flexibility index (Phi) is 7.53. The zero-order chi connectivity index (χ0) is 18.1. The smallest absolute Gasteiger partial charge is 0.239 e. The minimum atomic E-state index is -0.178. The Labute approximate surface area is 148 Å². The number of hydrogen-bond donors (Lipinski definition) is 2. The number of ether oxygens (including phenoxy) is 2. The van der Waals surface area contributed by atoms with Crippen LogP contribution in [0, 0.1) is 0 Å². The van der Waals surface area contributed by atoms with E-state index in [1.54, 1.807) is 12.0 Å². The molecule has 1 aromatic carbocycles. The van der Waals surface area contributed by atoms with Gasteiger partial charge in [0.05, 0.1) is 20.3 Å². The molecule has 0 aromatic heterocycles. The molecular weight excluding hydrogens is 322 g/mol. The molecule has 1 aliphatic heterocycles. The van der Waals surface area contributed by atoms with Crippen LogP contribution in [0.15, 0.2) is 24.3 Å². The number of rotatable bonds is 9. The quantitative estimate of drug-likeness (QED) is 0.654. The summed E-state index contributed by atoms with van der Waals surface area (Å²) in [6.45, 7) is 3.36. The second-order valence-corrected chi connectivity index (χ2v) is 6.02. The molecule has 25 heavy (non-hydrogen) atoms. The number of nitrogens with one attached hydrogen (secondary N) is 2. The third-order valence-corrected chi connectivity index (χ3v) is 4.07. The molecule has 0 aliphatic carbocycles. The zero-order valence-corrected chi connectivity index (χ0v) is 14.9. The van der Waals surface area contributed by atoms with Crippen LogP contribution in [-0.2, 0) is 9.59 Å². The largest absolute Gasteiger partial charge is 0.497 e. The van der Waals surface area contributed by atoms with Crippen LogP contribution in [0.1, 0.15) is 26.2 Å². The molecule has 0 radical (unpaired) electrons. The van der Waals surface area contributed by atoms with E-state index in [4.69, 9.17) is 9.47 Å². The summed E-state index contributed by atoms with van der Waals surface area (Å²) in [4.78, 5) is 25.6. The van der Waals surface area contributed by atoms with Crippen LogP contribution in [0.25, 0.3) is 0 Å². The molecule has 2 N–H and O–H groups in total. The lowest BCUT2D eigenvalue weighted by molar-refractivity contribution is -0.139. The predicted molar refractivity (Wildman–Crippen MR) is 94.5 cm³/mol. The van der Waals surface area contributed by atoms with Gasteiger partial charge in [-0.3, -0.25) is 14.9 Å². The fraction of sp³-hybridized carbons (Fsp3) is 0.556. The average Bonchev–Trinajstić information content (AvgIpc) is 2.62. The number of amides is 2. The van der Waals surface area contributed by atoms with Gasteiger partial charge in [-0.05, 0) is 30.7 Å². The predicted octanol–water partition coefficient (Wildman–Crippen LogP) is 1.14. The molecule has 1 unspecified atom stereocenters. The molecule has 1 aliphatic rings. The van der Waals surface area contributed by atoms with Gasteiger partial charge >= 0.3 is 0 Å². The molecule has 1 fully saturated rings. The van der Waals surface area contributed by atoms with E-state index in [1.807, 2.05) is 24.3 Å². The van der Waals surface area contributed by atoms with E-state index in [9.17, 15) is 9.59 Å². The summed E-state index contributed by atoms with van der Waals surface area (Å²) in [7, 11) is 1.61. The van der Waals surface area contributed by atoms with Crippen LogP contribution in [0.2, 0.25) is 0 Å². The Bertz CT molecular complexity index is 562. The Morgan fingerprint density at radius 2 is 2.04 bits per heavy atom. The van der Waals surface area contributed by atoms with E-state index in [0.717, 1.165) is 18.6 Å². The van der Waals surface area contributed by atoms with Crippen molar-refractivity contribution in [2.45, 2.75) is 32.2 Å². The number of methoxy groups -OCH3 is 1. The van der Waals surface area contributed by atoms with Crippen molar-refractivity contribution in [3.8, 4) is 11.5 Å². The maximum Gasteiger partial charge on any atom is 0.239 e. The van der Waals surface area contributed by atoms with Crippen LogP contribution in [0.4, 0.5) is 0 Å². The van der Waals surface area contributed by atoms with E-state index in [-0.39, 0.29) is 24.4 Å². The lowest BCUT2D eigenvalue weighted by Gasteiger charge is -2.32. The van der Waals surface area contributed by atoms with Crippen LogP contribution in [-0.4, -0.2) is 56.2 Å². The average molecular weight is 349 g/mol. The summed E-state index contributed by atoms with van der Waals surface area (Å²) in [5.41, 5.74) is 0. The van der Waals surface area contributed by atoms with Gasteiger partial charge in [-0.2, -0.15) is 0 Å². The third-order valence-electron chi connectivity index (χ3n) is 4.07. The number of benzene rings is 1. The Balaban J connectivity index is 1.63. The summed E-state index contributed by atoms with van der Waals surface area (Å²) in [5.74, 6) is 1.33. The van der Waals surface area contributed by atoms with Gasteiger partial charge in [0.1, 0.15) is 24.7 Å². The van der Waals surface area contributed by atoms with Crippen molar-refractivity contribution in [1.29, 1.82) is 0 Å². The molecule has 1 atom stereocenters. The number of carbonyl (C=O) groups excluding carboxylic acids is 2. The number of carbonyl (C=O) groups is 2. The monoisotopic (exact) mass is 349 g/mol. The molecule has 0 bridgehead atoms. The maximum atomic E-state index is 12.1.